The number of hydrogen-bond acceptors (Lipinski definition) is 0. The molecule has 0 atom stereocenters. The third-order valence-corrected chi connectivity index (χ3v) is 11.6. The van der Waals surface area contributed by atoms with Crippen molar-refractivity contribution >= 4 is 25.3 Å². The Balaban J connectivity index is 2.76. The summed E-state index contributed by atoms with van der Waals surface area (Å²) in [5.74, 6) is 1.81. The van der Waals surface area contributed by atoms with Gasteiger partial charge in [0.15, 0.2) is 8.07 Å². The van der Waals surface area contributed by atoms with Crippen LogP contribution in [0, 0.1) is 0 Å². The van der Waals surface area contributed by atoms with Crippen LogP contribution < -0.4 is 15.6 Å². The standard InChI is InChI=1S/C36H59BN2Si/c1-15-37(16-2,17-3)33-24-38(34-29(25(4)5)20-18-21-30(34)26(6)7)36(40(12,13)14)39(33)35-31(27(8)9)22-19-23-32(35)28(10)11/h18-28H,15-17H2,1-14H3. The van der Waals surface area contributed by atoms with Crippen molar-refractivity contribution in [2.75, 3.05) is 0 Å². The van der Waals surface area contributed by atoms with Crippen molar-refractivity contribution in [2.45, 2.75) is 138 Å². The number of para-hydroxylation sites is 2. The highest BCUT2D eigenvalue weighted by molar-refractivity contribution is 6.92. The van der Waals surface area contributed by atoms with Gasteiger partial charge in [-0.05, 0) is 29.3 Å². The molecule has 0 N–H and O–H groups in total. The minimum absolute atomic E-state index is 0.452. The third kappa shape index (κ3) is 5.80. The molecule has 0 unspecified atom stereocenters. The number of hydrogen-bond donors (Lipinski definition) is 0. The summed E-state index contributed by atoms with van der Waals surface area (Å²) in [7, 11) is -1.88. The van der Waals surface area contributed by atoms with Crippen LogP contribution in [-0.4, -0.2) is 18.8 Å². The molecule has 40 heavy (non-hydrogen) atoms. The van der Waals surface area contributed by atoms with E-state index < -0.39 is 14.2 Å². The molecule has 0 saturated carbocycles. The van der Waals surface area contributed by atoms with Crippen LogP contribution in [0.25, 0.3) is 11.4 Å². The number of nitrogens with zero attached hydrogens (tertiary/aromatic N) is 2. The molecule has 220 valence electrons. The number of benzene rings is 2. The summed E-state index contributed by atoms with van der Waals surface area (Å²) in [5.41, 5.74) is 11.9. The second kappa shape index (κ2) is 12.4. The molecule has 0 aliphatic rings. The Morgan fingerprint density at radius 3 is 1.35 bits per heavy atom. The summed E-state index contributed by atoms with van der Waals surface area (Å²) in [6.45, 7) is 33.9. The highest BCUT2D eigenvalue weighted by Gasteiger charge is 2.42. The highest BCUT2D eigenvalue weighted by Crippen LogP contribution is 2.34. The molecule has 2 aromatic carbocycles. The number of rotatable bonds is 11. The van der Waals surface area contributed by atoms with E-state index in [1.54, 1.807) is 5.59 Å². The van der Waals surface area contributed by atoms with Crippen molar-refractivity contribution in [3.63, 3.8) is 0 Å². The Hall–Kier alpha value is -2.07. The Kier molecular flexibility index (Phi) is 10.1. The molecular weight excluding hydrogens is 499 g/mol. The van der Waals surface area contributed by atoms with Gasteiger partial charge < -0.3 is 0 Å². The SMILES string of the molecule is CC[B-](CC)(CC)c1c[n+](-c2c(C(C)C)cccc2C(C)C)c([Si](C)(C)C)n1-c1c(C(C)C)cccc1C(C)C. The monoisotopic (exact) mass is 558 g/mol. The van der Waals surface area contributed by atoms with Gasteiger partial charge in [-0.1, -0.05) is 132 Å². The van der Waals surface area contributed by atoms with Gasteiger partial charge in [0, 0.05) is 22.3 Å². The Morgan fingerprint density at radius 1 is 0.650 bits per heavy atom. The molecule has 1 heterocycles. The molecule has 0 aliphatic heterocycles. The summed E-state index contributed by atoms with van der Waals surface area (Å²) in [5, 5.41) is 0. The summed E-state index contributed by atoms with van der Waals surface area (Å²) in [4.78, 5) is 0. The Morgan fingerprint density at radius 2 is 1.02 bits per heavy atom. The molecule has 0 radical (unpaired) electrons. The van der Waals surface area contributed by atoms with Gasteiger partial charge in [-0.2, -0.15) is 19.0 Å². The molecule has 3 rings (SSSR count). The lowest BCUT2D eigenvalue weighted by atomic mass is 9.19. The lowest BCUT2D eigenvalue weighted by Crippen LogP contribution is -2.62. The van der Waals surface area contributed by atoms with Gasteiger partial charge in [0.05, 0.1) is 12.3 Å². The molecule has 0 fully saturated rings. The molecule has 2 nitrogen and oxygen atoms in total. The first-order chi connectivity index (χ1) is 18.7. The Bertz CT molecular complexity index is 1240. The smallest absolute Gasteiger partial charge is 0.227 e. The van der Waals surface area contributed by atoms with Crippen LogP contribution in [0.1, 0.15) is 122 Å². The normalized spacial score (nSPS) is 12.9. The van der Waals surface area contributed by atoms with Crippen LogP contribution >= 0.6 is 0 Å². The van der Waals surface area contributed by atoms with Crippen LogP contribution in [0.15, 0.2) is 42.6 Å². The highest BCUT2D eigenvalue weighted by atomic mass is 28.3. The zero-order valence-corrected chi connectivity index (χ0v) is 29.4. The van der Waals surface area contributed by atoms with Gasteiger partial charge in [0.2, 0.25) is 5.45 Å². The topological polar surface area (TPSA) is 8.81 Å². The molecule has 0 aliphatic carbocycles. The average Bonchev–Trinajstić information content (AvgIpc) is 3.30. The fourth-order valence-electron chi connectivity index (χ4n) is 7.07. The fourth-order valence-corrected chi connectivity index (χ4v) is 8.88. The molecular formula is C36H59BN2Si. The summed E-state index contributed by atoms with van der Waals surface area (Å²) < 4.78 is 5.56. The van der Waals surface area contributed by atoms with Crippen molar-refractivity contribution in [1.82, 2.24) is 4.57 Å². The second-order valence-electron chi connectivity index (χ2n) is 14.7. The van der Waals surface area contributed by atoms with Crippen molar-refractivity contribution in [1.29, 1.82) is 0 Å². The fraction of sp³-hybridized carbons (Fsp3) is 0.583. The third-order valence-electron chi connectivity index (χ3n) is 9.75. The van der Waals surface area contributed by atoms with Gasteiger partial charge in [-0.3, -0.25) is 0 Å². The maximum atomic E-state index is 2.84. The summed E-state index contributed by atoms with van der Waals surface area (Å²) in [6, 6.07) is 14.1. The molecule has 0 spiro atoms. The van der Waals surface area contributed by atoms with E-state index in [0.29, 0.717) is 23.7 Å². The summed E-state index contributed by atoms with van der Waals surface area (Å²) in [6.07, 6.45) is 5.48. The van der Waals surface area contributed by atoms with Crippen molar-refractivity contribution in [3.8, 4) is 11.4 Å². The number of aromatic nitrogens is 2. The van der Waals surface area contributed by atoms with Crippen molar-refractivity contribution < 1.29 is 4.57 Å². The van der Waals surface area contributed by atoms with E-state index in [-0.39, 0.29) is 0 Å². The van der Waals surface area contributed by atoms with E-state index in [1.165, 1.54) is 58.0 Å². The maximum Gasteiger partial charge on any atom is 0.227 e. The van der Waals surface area contributed by atoms with Gasteiger partial charge in [-0.15, -0.1) is 0 Å². The average molecular weight is 559 g/mol. The van der Waals surface area contributed by atoms with Crippen molar-refractivity contribution in [2.24, 2.45) is 0 Å². The van der Waals surface area contributed by atoms with E-state index in [1.807, 2.05) is 0 Å². The zero-order valence-electron chi connectivity index (χ0n) is 28.4. The minimum Gasteiger partial charge on any atom is -0.241 e. The number of imidazole rings is 1. The van der Waals surface area contributed by atoms with Gasteiger partial charge in [0.25, 0.3) is 0 Å². The van der Waals surface area contributed by atoms with Gasteiger partial charge in [-0.25, -0.2) is 9.13 Å². The molecule has 4 heteroatoms. The first kappa shape index (κ1) is 32.4. The van der Waals surface area contributed by atoms with Gasteiger partial charge >= 0.3 is 0 Å². The van der Waals surface area contributed by atoms with Crippen LogP contribution in [0.2, 0.25) is 38.6 Å². The van der Waals surface area contributed by atoms with E-state index >= 15 is 0 Å². The zero-order chi connectivity index (χ0) is 30.2. The van der Waals surface area contributed by atoms with E-state index in [2.05, 4.69) is 148 Å². The molecule has 3 aromatic rings. The lowest BCUT2D eigenvalue weighted by molar-refractivity contribution is -0.577. The van der Waals surface area contributed by atoms with Crippen LogP contribution in [0.4, 0.5) is 0 Å². The predicted molar refractivity (Wildman–Crippen MR) is 183 cm³/mol. The van der Waals surface area contributed by atoms with E-state index in [4.69, 9.17) is 0 Å². The predicted octanol–water partition coefficient (Wildman–Crippen LogP) is 9.51. The lowest BCUT2D eigenvalue weighted by Gasteiger charge is -2.35. The molecule has 0 bridgehead atoms. The maximum absolute atomic E-state index is 2.84. The largest absolute Gasteiger partial charge is 0.241 e. The first-order valence-corrected chi connectivity index (χ1v) is 19.8. The van der Waals surface area contributed by atoms with Crippen molar-refractivity contribution in [3.05, 3.63) is 64.8 Å². The molecule has 0 amide bonds. The second-order valence-corrected chi connectivity index (χ2v) is 19.7. The summed E-state index contributed by atoms with van der Waals surface area (Å²) >= 11 is 0. The first-order valence-electron chi connectivity index (χ1n) is 16.3. The molecule has 0 saturated heterocycles. The van der Waals surface area contributed by atoms with Gasteiger partial charge in [0.1, 0.15) is 11.4 Å². The van der Waals surface area contributed by atoms with Crippen LogP contribution in [0.3, 0.4) is 0 Å². The molecule has 1 aromatic heterocycles. The van der Waals surface area contributed by atoms with Crippen LogP contribution in [0.5, 0.6) is 0 Å². The Labute approximate surface area is 248 Å². The van der Waals surface area contributed by atoms with E-state index in [9.17, 15) is 0 Å². The minimum atomic E-state index is -1.88. The van der Waals surface area contributed by atoms with Crippen LogP contribution in [-0.2, 0) is 0 Å². The van der Waals surface area contributed by atoms with E-state index in [0.717, 1.165) is 0 Å². The quantitative estimate of drug-likeness (QED) is 0.164.